The molecule has 16 heavy (non-hydrogen) atoms. The van der Waals surface area contributed by atoms with Gasteiger partial charge >= 0.3 is 0 Å². The molecule has 0 unspecified atom stereocenters. The molecule has 1 heterocycles. The second-order valence-electron chi connectivity index (χ2n) is 3.31. The lowest BCUT2D eigenvalue weighted by Crippen LogP contribution is -2.15. The van der Waals surface area contributed by atoms with Crippen LogP contribution in [0.4, 0.5) is 5.69 Å². The lowest BCUT2D eigenvalue weighted by molar-refractivity contribution is 0.102. The van der Waals surface area contributed by atoms with E-state index >= 15 is 0 Å². The summed E-state index contributed by atoms with van der Waals surface area (Å²) in [6.07, 6.45) is 3.07. The molecule has 0 saturated carbocycles. The lowest BCUT2D eigenvalue weighted by Gasteiger charge is -2.05. The molecule has 0 aliphatic carbocycles. The fourth-order valence-electron chi connectivity index (χ4n) is 1.34. The summed E-state index contributed by atoms with van der Waals surface area (Å²) in [5.41, 5.74) is 1.72. The van der Waals surface area contributed by atoms with Gasteiger partial charge in [0.15, 0.2) is 0 Å². The average Bonchev–Trinajstić information content (AvgIpc) is 2.31. The summed E-state index contributed by atoms with van der Waals surface area (Å²) in [5.74, 6) is -0.239. The van der Waals surface area contributed by atoms with Gasteiger partial charge in [0.2, 0.25) is 0 Å². The van der Waals surface area contributed by atoms with Crippen molar-refractivity contribution in [1.29, 1.82) is 0 Å². The number of hydrogen-bond acceptors (Lipinski definition) is 3. The zero-order chi connectivity index (χ0) is 11.4. The molecule has 0 atom stereocenters. The Balaban J connectivity index is 2.19. The van der Waals surface area contributed by atoms with E-state index in [-0.39, 0.29) is 5.91 Å². The fourth-order valence-corrected chi connectivity index (χ4v) is 1.34. The summed E-state index contributed by atoms with van der Waals surface area (Å²) in [6, 6.07) is 9.26. The number of anilines is 1. The number of aromatic nitrogens is 2. The highest BCUT2D eigenvalue weighted by Crippen LogP contribution is 2.08. The second-order valence-corrected chi connectivity index (χ2v) is 3.31. The van der Waals surface area contributed by atoms with E-state index in [0.717, 1.165) is 5.69 Å². The van der Waals surface area contributed by atoms with Crippen LogP contribution in [-0.2, 0) is 0 Å². The number of para-hydroxylation sites is 1. The summed E-state index contributed by atoms with van der Waals surface area (Å²) >= 11 is 0. The lowest BCUT2D eigenvalue weighted by atomic mass is 10.2. The standard InChI is InChI=1S/C12H11N3O/c1-9-11(14-8-7-13-9)12(16)15-10-5-3-2-4-6-10/h2-8H,1H3,(H,15,16). The third kappa shape index (κ3) is 2.23. The zero-order valence-electron chi connectivity index (χ0n) is 8.84. The van der Waals surface area contributed by atoms with E-state index in [1.807, 2.05) is 30.3 Å². The Kier molecular flexibility index (Phi) is 2.91. The highest BCUT2D eigenvalue weighted by atomic mass is 16.1. The highest BCUT2D eigenvalue weighted by Gasteiger charge is 2.10. The molecule has 0 bridgehead atoms. The van der Waals surface area contributed by atoms with Gasteiger partial charge in [-0.25, -0.2) is 4.98 Å². The summed E-state index contributed by atoms with van der Waals surface area (Å²) < 4.78 is 0. The number of carbonyl (C=O) groups excluding carboxylic acids is 1. The van der Waals surface area contributed by atoms with Crippen LogP contribution in [0, 0.1) is 6.92 Å². The van der Waals surface area contributed by atoms with E-state index in [0.29, 0.717) is 11.4 Å². The molecule has 2 rings (SSSR count). The molecule has 80 valence electrons. The Morgan fingerprint density at radius 1 is 1.12 bits per heavy atom. The molecular weight excluding hydrogens is 202 g/mol. The van der Waals surface area contributed by atoms with Gasteiger partial charge in [-0.2, -0.15) is 0 Å². The van der Waals surface area contributed by atoms with Crippen molar-refractivity contribution in [3.05, 3.63) is 54.1 Å². The summed E-state index contributed by atoms with van der Waals surface area (Å²) in [6.45, 7) is 1.76. The van der Waals surface area contributed by atoms with Crippen LogP contribution in [0.25, 0.3) is 0 Å². The number of aryl methyl sites for hydroxylation is 1. The van der Waals surface area contributed by atoms with Crippen LogP contribution in [0.1, 0.15) is 16.2 Å². The number of nitrogens with zero attached hydrogens (tertiary/aromatic N) is 2. The van der Waals surface area contributed by atoms with Crippen molar-refractivity contribution in [3.8, 4) is 0 Å². The van der Waals surface area contributed by atoms with E-state index in [9.17, 15) is 4.79 Å². The Hall–Kier alpha value is -2.23. The maximum absolute atomic E-state index is 11.8. The van der Waals surface area contributed by atoms with Gasteiger partial charge < -0.3 is 5.32 Å². The molecule has 0 saturated heterocycles. The third-order valence-electron chi connectivity index (χ3n) is 2.13. The van der Waals surface area contributed by atoms with Crippen molar-refractivity contribution < 1.29 is 4.79 Å². The van der Waals surface area contributed by atoms with Crippen molar-refractivity contribution in [2.24, 2.45) is 0 Å². The van der Waals surface area contributed by atoms with Gasteiger partial charge in [0, 0.05) is 18.1 Å². The van der Waals surface area contributed by atoms with Gasteiger partial charge in [-0.1, -0.05) is 18.2 Å². The Labute approximate surface area is 93.4 Å². The number of amides is 1. The Morgan fingerprint density at radius 2 is 1.81 bits per heavy atom. The fraction of sp³-hybridized carbons (Fsp3) is 0.0833. The number of carbonyl (C=O) groups is 1. The predicted octanol–water partition coefficient (Wildman–Crippen LogP) is 2.04. The molecule has 4 heteroatoms. The van der Waals surface area contributed by atoms with Crippen LogP contribution in [0.3, 0.4) is 0 Å². The number of benzene rings is 1. The van der Waals surface area contributed by atoms with Gasteiger partial charge in [0.25, 0.3) is 5.91 Å². The number of nitrogens with one attached hydrogen (secondary N) is 1. The van der Waals surface area contributed by atoms with E-state index in [4.69, 9.17) is 0 Å². The molecule has 0 radical (unpaired) electrons. The first kappa shape index (κ1) is 10.3. The van der Waals surface area contributed by atoms with Crippen LogP contribution in [0.5, 0.6) is 0 Å². The van der Waals surface area contributed by atoms with Crippen LogP contribution >= 0.6 is 0 Å². The molecule has 0 spiro atoms. The average molecular weight is 213 g/mol. The van der Waals surface area contributed by atoms with Crippen molar-refractivity contribution >= 4 is 11.6 Å². The summed E-state index contributed by atoms with van der Waals surface area (Å²) in [5, 5.41) is 2.76. The number of rotatable bonds is 2. The normalized spacial score (nSPS) is 9.81. The van der Waals surface area contributed by atoms with E-state index in [1.54, 1.807) is 13.1 Å². The summed E-state index contributed by atoms with van der Waals surface area (Å²) in [4.78, 5) is 19.8. The first-order chi connectivity index (χ1) is 7.77. The first-order valence-electron chi connectivity index (χ1n) is 4.91. The van der Waals surface area contributed by atoms with E-state index in [1.165, 1.54) is 6.20 Å². The molecule has 1 amide bonds. The smallest absolute Gasteiger partial charge is 0.276 e. The molecule has 1 aromatic carbocycles. The van der Waals surface area contributed by atoms with Gasteiger partial charge in [-0.15, -0.1) is 0 Å². The van der Waals surface area contributed by atoms with E-state index < -0.39 is 0 Å². The van der Waals surface area contributed by atoms with Gasteiger partial charge in [0.05, 0.1) is 5.69 Å². The van der Waals surface area contributed by atoms with Crippen LogP contribution < -0.4 is 5.32 Å². The minimum atomic E-state index is -0.239. The van der Waals surface area contributed by atoms with E-state index in [2.05, 4.69) is 15.3 Å². The van der Waals surface area contributed by atoms with Gasteiger partial charge in [-0.3, -0.25) is 9.78 Å². The predicted molar refractivity (Wildman–Crippen MR) is 61.2 cm³/mol. The SMILES string of the molecule is Cc1nccnc1C(=O)Nc1ccccc1. The van der Waals surface area contributed by atoms with Gasteiger partial charge in [0.1, 0.15) is 5.69 Å². The van der Waals surface area contributed by atoms with Crippen molar-refractivity contribution in [2.75, 3.05) is 5.32 Å². The maximum atomic E-state index is 11.8. The topological polar surface area (TPSA) is 54.9 Å². The van der Waals surface area contributed by atoms with Crippen LogP contribution in [0.15, 0.2) is 42.7 Å². The molecule has 2 aromatic rings. The van der Waals surface area contributed by atoms with Gasteiger partial charge in [-0.05, 0) is 19.1 Å². The highest BCUT2D eigenvalue weighted by molar-refractivity contribution is 6.03. The Morgan fingerprint density at radius 3 is 2.50 bits per heavy atom. The molecule has 4 nitrogen and oxygen atoms in total. The minimum Gasteiger partial charge on any atom is -0.321 e. The van der Waals surface area contributed by atoms with Crippen LogP contribution in [0.2, 0.25) is 0 Å². The third-order valence-corrected chi connectivity index (χ3v) is 2.13. The second kappa shape index (κ2) is 4.53. The Bertz CT molecular complexity index is 497. The first-order valence-corrected chi connectivity index (χ1v) is 4.91. The number of hydrogen-bond donors (Lipinski definition) is 1. The monoisotopic (exact) mass is 213 g/mol. The maximum Gasteiger partial charge on any atom is 0.276 e. The summed E-state index contributed by atoms with van der Waals surface area (Å²) in [7, 11) is 0. The van der Waals surface area contributed by atoms with Crippen molar-refractivity contribution in [3.63, 3.8) is 0 Å². The zero-order valence-corrected chi connectivity index (χ0v) is 8.84. The van der Waals surface area contributed by atoms with Crippen LogP contribution in [-0.4, -0.2) is 15.9 Å². The largest absolute Gasteiger partial charge is 0.321 e. The quantitative estimate of drug-likeness (QED) is 0.830. The molecule has 0 fully saturated rings. The molecular formula is C12H11N3O. The molecule has 1 aromatic heterocycles. The molecule has 0 aliphatic heterocycles. The molecule has 0 aliphatic rings. The van der Waals surface area contributed by atoms with Crippen molar-refractivity contribution in [2.45, 2.75) is 6.92 Å². The molecule has 1 N–H and O–H groups in total. The van der Waals surface area contributed by atoms with Crippen molar-refractivity contribution in [1.82, 2.24) is 9.97 Å². The minimum absolute atomic E-state index is 0.239.